The maximum absolute atomic E-state index is 13.0. The van der Waals surface area contributed by atoms with Gasteiger partial charge >= 0.3 is 0 Å². The van der Waals surface area contributed by atoms with Gasteiger partial charge in [-0.15, -0.1) is 5.10 Å². The predicted molar refractivity (Wildman–Crippen MR) is 171 cm³/mol. The molecule has 2 spiro atoms. The summed E-state index contributed by atoms with van der Waals surface area (Å²) in [4.78, 5) is 34.1. The topological polar surface area (TPSA) is 145 Å². The number of nitrogens with zero attached hydrogens (tertiary/aromatic N) is 4. The van der Waals surface area contributed by atoms with Gasteiger partial charge in [-0.25, -0.2) is 19.4 Å². The van der Waals surface area contributed by atoms with Crippen LogP contribution in [0.1, 0.15) is 82.0 Å². The summed E-state index contributed by atoms with van der Waals surface area (Å²) >= 11 is 6.31. The highest BCUT2D eigenvalue weighted by atomic mass is 35.5. The Bertz CT molecular complexity index is 1780. The molecule has 3 aromatic rings. The number of ether oxygens (including phenoxy) is 1. The lowest BCUT2D eigenvalue weighted by Crippen LogP contribution is -2.31. The molecule has 244 valence electrons. The monoisotopic (exact) mass is 666 g/mol. The minimum Gasteiger partial charge on any atom is -0.469 e. The molecule has 1 atom stereocenters. The van der Waals surface area contributed by atoms with E-state index in [0.29, 0.717) is 23.6 Å². The maximum Gasteiger partial charge on any atom is 0.281 e. The third-order valence-electron chi connectivity index (χ3n) is 10.5. The highest BCUT2D eigenvalue weighted by Crippen LogP contribution is 2.92. The molecule has 11 nitrogen and oxygen atoms in total. The molecule has 0 saturated heterocycles. The van der Waals surface area contributed by atoms with E-state index in [2.05, 4.69) is 34.2 Å². The average molecular weight is 667 g/mol. The van der Waals surface area contributed by atoms with E-state index in [1.54, 1.807) is 24.4 Å². The first-order chi connectivity index (χ1) is 21.9. The number of nitrogens with one attached hydrogen (secondary N) is 2. The first-order valence-corrected chi connectivity index (χ1v) is 17.9. The fourth-order valence-electron chi connectivity index (χ4n) is 7.99. The molecule has 3 aromatic heterocycles. The molecule has 3 heterocycles. The fraction of sp³-hybridized carbons (Fsp3) is 0.545. The lowest BCUT2D eigenvalue weighted by Gasteiger charge is -2.17. The summed E-state index contributed by atoms with van der Waals surface area (Å²) in [5, 5.41) is 7.03. The second-order valence-corrected chi connectivity index (χ2v) is 16.2. The van der Waals surface area contributed by atoms with Crippen molar-refractivity contribution in [1.29, 1.82) is 0 Å². The van der Waals surface area contributed by atoms with Crippen LogP contribution < -0.4 is 14.8 Å². The summed E-state index contributed by atoms with van der Waals surface area (Å²) in [6.07, 6.45) is 12.1. The first kappa shape index (κ1) is 31.1. The van der Waals surface area contributed by atoms with E-state index in [1.165, 1.54) is 42.1 Å². The van der Waals surface area contributed by atoms with Gasteiger partial charge in [0.25, 0.3) is 15.9 Å². The zero-order chi connectivity index (χ0) is 32.3. The quantitative estimate of drug-likeness (QED) is 0.176. The lowest BCUT2D eigenvalue weighted by molar-refractivity contribution is -0.123. The van der Waals surface area contributed by atoms with E-state index in [9.17, 15) is 18.0 Å². The third kappa shape index (κ3) is 5.90. The Morgan fingerprint density at radius 2 is 1.80 bits per heavy atom. The largest absolute Gasteiger partial charge is 0.469 e. The number of amides is 1. The van der Waals surface area contributed by atoms with Crippen LogP contribution in [0.5, 0.6) is 5.88 Å². The van der Waals surface area contributed by atoms with Crippen LogP contribution in [0.25, 0.3) is 5.82 Å². The van der Waals surface area contributed by atoms with Crippen LogP contribution >= 0.6 is 11.6 Å². The number of ketones is 1. The SMILES string of the molecule is CC1(C)CC[C@@H](CCCNc2cccc(S(=O)(=O)NC(=O)c3ccc(-n4ccc(OCC(=O)C5C6(CC6)C56CC6)n4)nc3Cl)n2)C1. The van der Waals surface area contributed by atoms with Crippen LogP contribution in [0.15, 0.2) is 47.6 Å². The first-order valence-electron chi connectivity index (χ1n) is 16.1. The molecule has 0 unspecified atom stereocenters. The molecule has 0 aromatic carbocycles. The van der Waals surface area contributed by atoms with Gasteiger partial charge in [-0.05, 0) is 104 Å². The number of carbonyl (C=O) groups is 2. The number of carbonyl (C=O) groups excluding carboxylic acids is 2. The molecular formula is C33H39ClN6O5S. The zero-order valence-corrected chi connectivity index (χ0v) is 27.7. The number of aromatic nitrogens is 4. The molecule has 0 aliphatic heterocycles. The minimum absolute atomic E-state index is 0.0141. The molecule has 0 bridgehead atoms. The van der Waals surface area contributed by atoms with Crippen molar-refractivity contribution < 1.29 is 22.7 Å². The number of fused-ring (bicyclic) bond motifs is 1. The number of halogens is 1. The van der Waals surface area contributed by atoms with Crippen LogP contribution in [-0.2, 0) is 14.8 Å². The van der Waals surface area contributed by atoms with E-state index in [-0.39, 0.29) is 50.8 Å². The van der Waals surface area contributed by atoms with E-state index in [1.807, 2.05) is 4.72 Å². The van der Waals surface area contributed by atoms with Gasteiger partial charge in [-0.3, -0.25) is 9.59 Å². The summed E-state index contributed by atoms with van der Waals surface area (Å²) in [6, 6.07) is 9.08. The van der Waals surface area contributed by atoms with Crippen molar-refractivity contribution in [3.05, 3.63) is 53.3 Å². The van der Waals surface area contributed by atoms with Gasteiger partial charge < -0.3 is 10.1 Å². The molecule has 0 radical (unpaired) electrons. The number of hydrogen-bond donors (Lipinski definition) is 2. The second kappa shape index (κ2) is 11.3. The van der Waals surface area contributed by atoms with Gasteiger partial charge in [0.1, 0.15) is 17.6 Å². The van der Waals surface area contributed by atoms with Gasteiger partial charge in [0.2, 0.25) is 5.88 Å². The Hall–Kier alpha value is -3.51. The number of hydrogen-bond acceptors (Lipinski definition) is 9. The molecular weight excluding hydrogens is 628 g/mol. The van der Waals surface area contributed by atoms with Crippen LogP contribution in [0.3, 0.4) is 0 Å². The lowest BCUT2D eigenvalue weighted by atomic mass is 9.89. The normalized spacial score (nSPS) is 21.7. The molecule has 46 heavy (non-hydrogen) atoms. The number of pyridine rings is 2. The van der Waals surface area contributed by atoms with Crippen molar-refractivity contribution in [2.45, 2.75) is 76.7 Å². The van der Waals surface area contributed by atoms with E-state index in [0.717, 1.165) is 44.4 Å². The summed E-state index contributed by atoms with van der Waals surface area (Å²) < 4.78 is 35.2. The second-order valence-electron chi connectivity index (χ2n) is 14.2. The summed E-state index contributed by atoms with van der Waals surface area (Å²) in [7, 11) is -4.28. The van der Waals surface area contributed by atoms with Crippen molar-refractivity contribution >= 4 is 39.1 Å². The summed E-state index contributed by atoms with van der Waals surface area (Å²) in [6.45, 7) is 5.30. The Morgan fingerprint density at radius 3 is 2.48 bits per heavy atom. The van der Waals surface area contributed by atoms with Gasteiger partial charge in [-0.1, -0.05) is 31.5 Å². The van der Waals surface area contributed by atoms with Crippen LogP contribution in [0.4, 0.5) is 5.82 Å². The van der Waals surface area contributed by atoms with Crippen molar-refractivity contribution in [2.75, 3.05) is 18.5 Å². The number of rotatable bonds is 13. The number of Topliss-reactive ketones (excluding diaryl/α,β-unsaturated/α-hetero) is 1. The molecule has 2 N–H and O–H groups in total. The Labute approximate surface area is 273 Å². The van der Waals surface area contributed by atoms with E-state index in [4.69, 9.17) is 16.3 Å². The number of sulfonamides is 1. The van der Waals surface area contributed by atoms with Crippen molar-refractivity contribution in [3.8, 4) is 11.7 Å². The summed E-state index contributed by atoms with van der Waals surface area (Å²) in [5.41, 5.74) is 0.862. The van der Waals surface area contributed by atoms with Gasteiger partial charge in [0.15, 0.2) is 16.6 Å². The molecule has 4 saturated carbocycles. The molecule has 13 heteroatoms. The van der Waals surface area contributed by atoms with Gasteiger partial charge in [-0.2, -0.15) is 8.42 Å². The highest BCUT2D eigenvalue weighted by molar-refractivity contribution is 7.90. The van der Waals surface area contributed by atoms with E-state index >= 15 is 0 Å². The Balaban J connectivity index is 0.921. The predicted octanol–water partition coefficient (Wildman–Crippen LogP) is 5.59. The van der Waals surface area contributed by atoms with Crippen LogP contribution in [0.2, 0.25) is 5.15 Å². The fourth-order valence-corrected chi connectivity index (χ4v) is 9.16. The molecule has 4 aliphatic rings. The van der Waals surface area contributed by atoms with Crippen molar-refractivity contribution in [3.63, 3.8) is 0 Å². The Morgan fingerprint density at radius 1 is 1.04 bits per heavy atom. The van der Waals surface area contributed by atoms with Crippen molar-refractivity contribution in [2.24, 2.45) is 28.1 Å². The third-order valence-corrected chi connectivity index (χ3v) is 12.1. The van der Waals surface area contributed by atoms with Crippen molar-refractivity contribution in [1.82, 2.24) is 24.5 Å². The van der Waals surface area contributed by atoms with Crippen LogP contribution in [0, 0.1) is 28.1 Å². The number of anilines is 1. The van der Waals surface area contributed by atoms with E-state index < -0.39 is 15.9 Å². The molecule has 7 rings (SSSR count). The average Bonchev–Trinajstić information content (AvgIpc) is 3.97. The highest BCUT2D eigenvalue weighted by Gasteiger charge is 2.88. The molecule has 4 aliphatic carbocycles. The maximum atomic E-state index is 13.0. The van der Waals surface area contributed by atoms with Gasteiger partial charge in [0, 0.05) is 24.7 Å². The smallest absolute Gasteiger partial charge is 0.281 e. The molecule has 4 fully saturated rings. The molecule has 1 amide bonds. The summed E-state index contributed by atoms with van der Waals surface area (Å²) in [5.74, 6) is 1.07. The Kier molecular flexibility index (Phi) is 7.66. The van der Waals surface area contributed by atoms with Crippen LogP contribution in [-0.4, -0.2) is 53.0 Å². The van der Waals surface area contributed by atoms with Gasteiger partial charge in [0.05, 0.1) is 5.56 Å². The zero-order valence-electron chi connectivity index (χ0n) is 26.1. The minimum atomic E-state index is -4.28. The standard InChI is InChI=1S/C33H39ClN6O5S/c1-31(2)12-10-21(19-31)5-4-17-35-24-6-3-7-27(36-24)46(43,44)39-30(42)22-8-9-25(37-29(22)34)40-18-11-26(38-40)45-20-23(41)28-32(13-14-32)33(28)15-16-33/h3,6-9,11,18,21,28H,4-5,10,12-17,19-20H2,1-2H3,(H,35,36)(H,39,42)/t21-/m1/s1.